The van der Waals surface area contributed by atoms with E-state index in [1.807, 2.05) is 0 Å². The molecule has 0 spiro atoms. The SMILES string of the molecule is CC1CC2C1C1CC3C4CC(C)C4C3C21. The van der Waals surface area contributed by atoms with Crippen molar-refractivity contribution in [2.24, 2.45) is 59.2 Å². The Bertz CT molecular complexity index is 333. The predicted molar refractivity (Wildman–Crippen MR) is 60.1 cm³/mol. The summed E-state index contributed by atoms with van der Waals surface area (Å²) >= 11 is 0. The van der Waals surface area contributed by atoms with E-state index in [2.05, 4.69) is 13.8 Å². The van der Waals surface area contributed by atoms with Gasteiger partial charge in [-0.15, -0.1) is 0 Å². The van der Waals surface area contributed by atoms with Crippen LogP contribution in [0.3, 0.4) is 0 Å². The smallest absolute Gasteiger partial charge is 0.0315 e. The van der Waals surface area contributed by atoms with Crippen molar-refractivity contribution < 1.29 is 0 Å². The predicted octanol–water partition coefficient (Wildman–Crippen LogP) is 3.43. The summed E-state index contributed by atoms with van der Waals surface area (Å²) in [6.07, 6.45) is 4.85. The molecular formula is C15H22. The summed E-state index contributed by atoms with van der Waals surface area (Å²) in [6, 6.07) is 0. The molecule has 15 heavy (non-hydrogen) atoms. The van der Waals surface area contributed by atoms with Crippen LogP contribution in [0.4, 0.5) is 0 Å². The minimum absolute atomic E-state index is 1.10. The first-order valence-electron chi connectivity index (χ1n) is 7.27. The zero-order chi connectivity index (χ0) is 9.89. The van der Waals surface area contributed by atoms with Crippen LogP contribution in [-0.4, -0.2) is 0 Å². The highest BCUT2D eigenvalue weighted by Crippen LogP contribution is 2.79. The van der Waals surface area contributed by atoms with Crippen molar-refractivity contribution >= 4 is 0 Å². The van der Waals surface area contributed by atoms with Gasteiger partial charge in [-0.25, -0.2) is 0 Å². The first-order chi connectivity index (χ1) is 7.27. The molecule has 0 saturated heterocycles. The van der Waals surface area contributed by atoms with E-state index >= 15 is 0 Å². The Kier molecular flexibility index (Phi) is 1.18. The first-order valence-corrected chi connectivity index (χ1v) is 7.27. The van der Waals surface area contributed by atoms with Crippen LogP contribution in [0.2, 0.25) is 0 Å². The molecule has 5 saturated carbocycles. The van der Waals surface area contributed by atoms with Crippen LogP contribution in [0.15, 0.2) is 0 Å². The Morgan fingerprint density at radius 3 is 1.87 bits per heavy atom. The molecule has 10 unspecified atom stereocenters. The molecule has 0 bridgehead atoms. The Morgan fingerprint density at radius 1 is 0.533 bits per heavy atom. The summed E-state index contributed by atoms with van der Waals surface area (Å²) in [5, 5.41) is 0. The lowest BCUT2D eigenvalue weighted by Crippen LogP contribution is -2.63. The van der Waals surface area contributed by atoms with Gasteiger partial charge in [0.2, 0.25) is 0 Å². The van der Waals surface area contributed by atoms with Crippen LogP contribution >= 0.6 is 0 Å². The minimum atomic E-state index is 1.10. The summed E-state index contributed by atoms with van der Waals surface area (Å²) in [4.78, 5) is 0. The maximum absolute atomic E-state index is 2.52. The van der Waals surface area contributed by atoms with Crippen LogP contribution in [0.5, 0.6) is 0 Å². The molecule has 5 rings (SSSR count). The maximum Gasteiger partial charge on any atom is -0.0315 e. The van der Waals surface area contributed by atoms with Crippen LogP contribution < -0.4 is 0 Å². The molecule has 0 heterocycles. The Labute approximate surface area is 92.8 Å². The van der Waals surface area contributed by atoms with Crippen LogP contribution in [0.25, 0.3) is 0 Å². The minimum Gasteiger partial charge on any atom is -0.0622 e. The molecule has 5 aliphatic rings. The number of rotatable bonds is 0. The first kappa shape index (κ1) is 8.14. The molecule has 0 radical (unpaired) electrons. The molecule has 0 nitrogen and oxygen atoms in total. The van der Waals surface area contributed by atoms with Crippen molar-refractivity contribution in [3.63, 3.8) is 0 Å². The molecule has 5 aliphatic carbocycles. The number of hydrogen-bond acceptors (Lipinski definition) is 0. The topological polar surface area (TPSA) is 0 Å². The van der Waals surface area contributed by atoms with Crippen molar-refractivity contribution in [1.29, 1.82) is 0 Å². The average molecular weight is 202 g/mol. The van der Waals surface area contributed by atoms with Gasteiger partial charge < -0.3 is 0 Å². The standard InChI is InChI=1S/C15H22/c1-6-4-10-12(6)11-5-9-8-3-7(2)13(8)15(9)14(10)11/h6-15H,3-5H2,1-2H3. The average Bonchev–Trinajstić information content (AvgIpc) is 2.40. The maximum atomic E-state index is 2.52. The normalized spacial score (nSPS) is 77.2. The molecule has 0 N–H and O–H groups in total. The van der Waals surface area contributed by atoms with Gasteiger partial charge >= 0.3 is 0 Å². The van der Waals surface area contributed by atoms with Gasteiger partial charge in [0, 0.05) is 0 Å². The summed E-state index contributed by atoms with van der Waals surface area (Å²) in [6.45, 7) is 5.03. The van der Waals surface area contributed by atoms with E-state index < -0.39 is 0 Å². The van der Waals surface area contributed by atoms with E-state index in [1.165, 1.54) is 47.3 Å². The molecule has 0 aromatic carbocycles. The summed E-state index contributed by atoms with van der Waals surface area (Å²) in [5.41, 5.74) is 0. The van der Waals surface area contributed by atoms with Gasteiger partial charge in [-0.1, -0.05) is 13.8 Å². The fourth-order valence-corrected chi connectivity index (χ4v) is 7.15. The lowest BCUT2D eigenvalue weighted by atomic mass is 9.37. The molecule has 10 atom stereocenters. The molecular weight excluding hydrogens is 180 g/mol. The van der Waals surface area contributed by atoms with Crippen molar-refractivity contribution in [2.75, 3.05) is 0 Å². The van der Waals surface area contributed by atoms with Gasteiger partial charge in [-0.05, 0) is 78.4 Å². The third-order valence-electron chi connectivity index (χ3n) is 7.55. The van der Waals surface area contributed by atoms with Crippen molar-refractivity contribution in [2.45, 2.75) is 33.1 Å². The highest BCUT2D eigenvalue weighted by molar-refractivity contribution is 5.21. The lowest BCUT2D eigenvalue weighted by molar-refractivity contribution is -0.201. The molecule has 5 fully saturated rings. The lowest BCUT2D eigenvalue weighted by Gasteiger charge is -2.68. The molecule has 0 heteroatoms. The van der Waals surface area contributed by atoms with Crippen LogP contribution in [-0.2, 0) is 0 Å². The van der Waals surface area contributed by atoms with Crippen molar-refractivity contribution in [1.82, 2.24) is 0 Å². The molecule has 0 amide bonds. The second kappa shape index (κ2) is 2.17. The van der Waals surface area contributed by atoms with Gasteiger partial charge in [0.05, 0.1) is 0 Å². The van der Waals surface area contributed by atoms with E-state index in [1.54, 1.807) is 19.3 Å². The Balaban J connectivity index is 1.46. The molecule has 82 valence electrons. The molecule has 0 aliphatic heterocycles. The highest BCUT2D eigenvalue weighted by atomic mass is 14.8. The fourth-order valence-electron chi connectivity index (χ4n) is 7.15. The number of fused-ring (bicyclic) bond motifs is 9. The Morgan fingerprint density at radius 2 is 1.13 bits per heavy atom. The van der Waals surface area contributed by atoms with Gasteiger partial charge in [0.1, 0.15) is 0 Å². The molecule has 0 aromatic rings. The molecule has 0 aromatic heterocycles. The third-order valence-corrected chi connectivity index (χ3v) is 7.55. The van der Waals surface area contributed by atoms with Gasteiger partial charge in [-0.2, -0.15) is 0 Å². The van der Waals surface area contributed by atoms with Crippen molar-refractivity contribution in [3.8, 4) is 0 Å². The summed E-state index contributed by atoms with van der Waals surface area (Å²) in [7, 11) is 0. The monoisotopic (exact) mass is 202 g/mol. The highest BCUT2D eigenvalue weighted by Gasteiger charge is 2.73. The van der Waals surface area contributed by atoms with Gasteiger partial charge in [0.15, 0.2) is 0 Å². The van der Waals surface area contributed by atoms with Crippen molar-refractivity contribution in [3.05, 3.63) is 0 Å². The van der Waals surface area contributed by atoms with Crippen LogP contribution in [0.1, 0.15) is 33.1 Å². The van der Waals surface area contributed by atoms with E-state index in [4.69, 9.17) is 0 Å². The summed E-state index contributed by atoms with van der Waals surface area (Å²) in [5.74, 6) is 12.0. The second-order valence-electron chi connectivity index (χ2n) is 7.63. The summed E-state index contributed by atoms with van der Waals surface area (Å²) < 4.78 is 0. The Hall–Kier alpha value is 0. The largest absolute Gasteiger partial charge is 0.0622 e. The quantitative estimate of drug-likeness (QED) is 0.564. The third kappa shape index (κ3) is 0.643. The zero-order valence-electron chi connectivity index (χ0n) is 9.89. The second-order valence-corrected chi connectivity index (χ2v) is 7.63. The number of hydrogen-bond donors (Lipinski definition) is 0. The van der Waals surface area contributed by atoms with Gasteiger partial charge in [0.25, 0.3) is 0 Å². The van der Waals surface area contributed by atoms with Crippen LogP contribution in [0, 0.1) is 59.2 Å². The van der Waals surface area contributed by atoms with E-state index in [0.29, 0.717) is 0 Å². The van der Waals surface area contributed by atoms with E-state index in [0.717, 1.165) is 11.8 Å². The fraction of sp³-hybridized carbons (Fsp3) is 1.00. The van der Waals surface area contributed by atoms with E-state index in [9.17, 15) is 0 Å². The van der Waals surface area contributed by atoms with Gasteiger partial charge in [-0.3, -0.25) is 0 Å². The zero-order valence-corrected chi connectivity index (χ0v) is 9.89. The van der Waals surface area contributed by atoms with E-state index in [-0.39, 0.29) is 0 Å².